The number of sulfonamides is 1. The predicted octanol–water partition coefficient (Wildman–Crippen LogP) is 4.36. The first-order chi connectivity index (χ1) is 16.3. The lowest BCUT2D eigenvalue weighted by molar-refractivity contribution is -0.119. The molecule has 0 aliphatic carbocycles. The number of ether oxygens (including phenoxy) is 2. The summed E-state index contributed by atoms with van der Waals surface area (Å²) in [7, 11) is -1.07. The van der Waals surface area contributed by atoms with Crippen molar-refractivity contribution in [2.75, 3.05) is 25.1 Å². The molecule has 178 valence electrons. The summed E-state index contributed by atoms with van der Waals surface area (Å²) < 4.78 is 38.0. The molecule has 34 heavy (non-hydrogen) atoms. The Labute approximate surface area is 207 Å². The van der Waals surface area contributed by atoms with Gasteiger partial charge in [0.1, 0.15) is 18.0 Å². The van der Waals surface area contributed by atoms with E-state index < -0.39 is 22.5 Å². The van der Waals surface area contributed by atoms with Crippen LogP contribution in [-0.2, 0) is 14.8 Å². The summed E-state index contributed by atoms with van der Waals surface area (Å²) in [6.45, 7) is -0.554. The summed E-state index contributed by atoms with van der Waals surface area (Å²) in [5.41, 5.74) is 3.07. The first kappa shape index (κ1) is 25.4. The van der Waals surface area contributed by atoms with Gasteiger partial charge in [0.25, 0.3) is 15.9 Å². The number of nitrogens with zero attached hydrogens (tertiary/aromatic N) is 2. The van der Waals surface area contributed by atoms with Crippen molar-refractivity contribution in [2.45, 2.75) is 4.90 Å². The van der Waals surface area contributed by atoms with E-state index in [0.717, 1.165) is 4.31 Å². The third kappa shape index (κ3) is 5.99. The van der Waals surface area contributed by atoms with E-state index in [1.807, 2.05) is 0 Å². The molecule has 0 saturated heterocycles. The Morgan fingerprint density at radius 1 is 1.00 bits per heavy atom. The summed E-state index contributed by atoms with van der Waals surface area (Å²) in [5, 5.41) is 4.33. The second-order valence-corrected chi connectivity index (χ2v) is 9.50. The van der Waals surface area contributed by atoms with E-state index in [1.54, 1.807) is 36.4 Å². The molecule has 1 N–H and O–H groups in total. The number of nitrogens with one attached hydrogen (secondary N) is 1. The molecule has 0 bridgehead atoms. The van der Waals surface area contributed by atoms with Gasteiger partial charge in [-0.1, -0.05) is 41.4 Å². The number of anilines is 1. The van der Waals surface area contributed by atoms with Crippen LogP contribution in [0.3, 0.4) is 0 Å². The van der Waals surface area contributed by atoms with Crippen molar-refractivity contribution < 1.29 is 22.7 Å². The zero-order valence-corrected chi connectivity index (χ0v) is 20.6. The topological polar surface area (TPSA) is 97.3 Å². The largest absolute Gasteiger partial charge is 0.497 e. The number of carbonyl (C=O) groups excluding carboxylic acids is 1. The van der Waals surface area contributed by atoms with Gasteiger partial charge in [-0.05, 0) is 48.5 Å². The van der Waals surface area contributed by atoms with Crippen molar-refractivity contribution in [3.63, 3.8) is 0 Å². The lowest BCUT2D eigenvalue weighted by Crippen LogP contribution is -2.39. The fraction of sp³-hybridized carbons (Fsp3) is 0.130. The van der Waals surface area contributed by atoms with E-state index in [9.17, 15) is 13.2 Å². The first-order valence-corrected chi connectivity index (χ1v) is 12.0. The molecule has 0 spiro atoms. The third-order valence-corrected chi connectivity index (χ3v) is 7.17. The second kappa shape index (κ2) is 11.2. The minimum atomic E-state index is -4.09. The smallest absolute Gasteiger partial charge is 0.264 e. The van der Waals surface area contributed by atoms with E-state index in [1.165, 1.54) is 50.8 Å². The van der Waals surface area contributed by atoms with Crippen molar-refractivity contribution in [1.82, 2.24) is 5.43 Å². The number of hydrogen-bond donors (Lipinski definition) is 1. The Kier molecular flexibility index (Phi) is 8.38. The Hall–Kier alpha value is -3.27. The maximum Gasteiger partial charge on any atom is 0.264 e. The summed E-state index contributed by atoms with van der Waals surface area (Å²) in [6, 6.07) is 17.1. The Morgan fingerprint density at radius 2 is 1.74 bits per heavy atom. The van der Waals surface area contributed by atoms with Crippen LogP contribution in [0.2, 0.25) is 10.0 Å². The van der Waals surface area contributed by atoms with Gasteiger partial charge in [0, 0.05) is 5.56 Å². The van der Waals surface area contributed by atoms with Crippen LogP contribution in [0, 0.1) is 0 Å². The highest BCUT2D eigenvalue weighted by Crippen LogP contribution is 2.30. The van der Waals surface area contributed by atoms with E-state index >= 15 is 0 Å². The predicted molar refractivity (Wildman–Crippen MR) is 133 cm³/mol. The highest BCUT2D eigenvalue weighted by molar-refractivity contribution is 7.92. The van der Waals surface area contributed by atoms with E-state index in [4.69, 9.17) is 32.7 Å². The average molecular weight is 522 g/mol. The lowest BCUT2D eigenvalue weighted by Gasteiger charge is -2.24. The molecule has 0 saturated carbocycles. The summed E-state index contributed by atoms with van der Waals surface area (Å²) in [4.78, 5) is 12.7. The van der Waals surface area contributed by atoms with Crippen molar-refractivity contribution in [3.8, 4) is 11.5 Å². The normalized spacial score (nSPS) is 11.3. The number of carbonyl (C=O) groups is 1. The molecule has 11 heteroatoms. The van der Waals surface area contributed by atoms with Crippen LogP contribution in [-0.4, -0.2) is 41.3 Å². The molecule has 3 aromatic rings. The molecule has 1 amide bonds. The summed E-state index contributed by atoms with van der Waals surface area (Å²) in [5.74, 6) is 0.417. The molecule has 0 aliphatic rings. The lowest BCUT2D eigenvalue weighted by atomic mass is 10.2. The molecule has 0 aliphatic heterocycles. The van der Waals surface area contributed by atoms with Crippen LogP contribution in [0.5, 0.6) is 11.5 Å². The summed E-state index contributed by atoms with van der Waals surface area (Å²) in [6.07, 6.45) is 1.37. The van der Waals surface area contributed by atoms with Gasteiger partial charge in [0.2, 0.25) is 0 Å². The average Bonchev–Trinajstić information content (AvgIpc) is 2.84. The molecule has 0 heterocycles. The SMILES string of the molecule is COc1ccc(OC)c(/C=N/NC(=O)CN(c2ccc(Cl)c(Cl)c2)S(=O)(=O)c2ccccc2)c1. The van der Waals surface area contributed by atoms with E-state index in [0.29, 0.717) is 17.1 Å². The molecule has 0 atom stereocenters. The molecule has 8 nitrogen and oxygen atoms in total. The zero-order chi connectivity index (χ0) is 24.7. The van der Waals surface area contributed by atoms with Gasteiger partial charge >= 0.3 is 0 Å². The Balaban J connectivity index is 1.86. The Morgan fingerprint density at radius 3 is 2.38 bits per heavy atom. The molecule has 0 unspecified atom stereocenters. The number of amides is 1. The van der Waals surface area contributed by atoms with E-state index in [2.05, 4.69) is 10.5 Å². The van der Waals surface area contributed by atoms with Crippen molar-refractivity contribution in [1.29, 1.82) is 0 Å². The maximum atomic E-state index is 13.3. The van der Waals surface area contributed by atoms with Gasteiger partial charge in [-0.15, -0.1) is 0 Å². The van der Waals surface area contributed by atoms with Gasteiger partial charge < -0.3 is 9.47 Å². The van der Waals surface area contributed by atoms with Crippen LogP contribution in [0.4, 0.5) is 5.69 Å². The van der Waals surface area contributed by atoms with Crippen molar-refractivity contribution >= 4 is 51.0 Å². The number of benzene rings is 3. The van der Waals surface area contributed by atoms with Gasteiger partial charge in [0.15, 0.2) is 0 Å². The number of halogens is 2. The molecule has 3 rings (SSSR count). The standard InChI is InChI=1S/C23H21Cl2N3O5S/c1-32-18-9-11-22(33-2)16(12-18)14-26-27-23(29)15-28(17-8-10-20(24)21(25)13-17)34(30,31)19-6-4-3-5-7-19/h3-14H,15H2,1-2H3,(H,27,29)/b26-14+. The maximum absolute atomic E-state index is 13.3. The fourth-order valence-electron chi connectivity index (χ4n) is 2.95. The molecule has 3 aromatic carbocycles. The van der Waals surface area contributed by atoms with Crippen molar-refractivity contribution in [2.24, 2.45) is 5.10 Å². The Bertz CT molecular complexity index is 1300. The summed E-state index contributed by atoms with van der Waals surface area (Å²) >= 11 is 12.1. The second-order valence-electron chi connectivity index (χ2n) is 6.82. The number of hydrogen-bond acceptors (Lipinski definition) is 6. The highest BCUT2D eigenvalue weighted by atomic mass is 35.5. The number of hydrazone groups is 1. The van der Waals surface area contributed by atoms with Crippen LogP contribution in [0.1, 0.15) is 5.56 Å². The fourth-order valence-corrected chi connectivity index (χ4v) is 4.68. The third-order valence-electron chi connectivity index (χ3n) is 4.64. The van der Waals surface area contributed by atoms with Gasteiger partial charge in [-0.25, -0.2) is 13.8 Å². The number of rotatable bonds is 9. The highest BCUT2D eigenvalue weighted by Gasteiger charge is 2.27. The molecular weight excluding hydrogens is 501 g/mol. The first-order valence-electron chi connectivity index (χ1n) is 9.83. The van der Waals surface area contributed by atoms with Crippen LogP contribution >= 0.6 is 23.2 Å². The van der Waals surface area contributed by atoms with Gasteiger partial charge in [-0.3, -0.25) is 9.10 Å². The minimum Gasteiger partial charge on any atom is -0.497 e. The molecular formula is C23H21Cl2N3O5S. The van der Waals surface area contributed by atoms with Crippen LogP contribution in [0.25, 0.3) is 0 Å². The molecule has 0 aromatic heterocycles. The zero-order valence-electron chi connectivity index (χ0n) is 18.2. The van der Waals surface area contributed by atoms with Crippen LogP contribution in [0.15, 0.2) is 76.7 Å². The number of methoxy groups -OCH3 is 2. The van der Waals surface area contributed by atoms with Crippen LogP contribution < -0.4 is 19.2 Å². The monoisotopic (exact) mass is 521 g/mol. The molecule has 0 radical (unpaired) electrons. The quantitative estimate of drug-likeness (QED) is 0.333. The molecule has 0 fully saturated rings. The van der Waals surface area contributed by atoms with Gasteiger partial charge in [-0.2, -0.15) is 5.10 Å². The van der Waals surface area contributed by atoms with Gasteiger partial charge in [0.05, 0.1) is 41.1 Å². The van der Waals surface area contributed by atoms with Crippen molar-refractivity contribution in [3.05, 3.63) is 82.3 Å². The minimum absolute atomic E-state index is 0.0125. The van der Waals surface area contributed by atoms with E-state index in [-0.39, 0.29) is 20.6 Å².